The summed E-state index contributed by atoms with van der Waals surface area (Å²) in [7, 11) is 3.31. The summed E-state index contributed by atoms with van der Waals surface area (Å²) in [6, 6.07) is 10.5. The van der Waals surface area contributed by atoms with Crippen LogP contribution in [0.15, 0.2) is 42.5 Å². The molecule has 196 valence electrons. The van der Waals surface area contributed by atoms with E-state index in [0.29, 0.717) is 18.9 Å². The minimum Gasteiger partial charge on any atom is -0.396 e. The highest BCUT2D eigenvalue weighted by molar-refractivity contribution is 8.02. The van der Waals surface area contributed by atoms with E-state index < -0.39 is 12.1 Å². The largest absolute Gasteiger partial charge is 0.396 e. The lowest BCUT2D eigenvalue weighted by Crippen LogP contribution is -2.63. The van der Waals surface area contributed by atoms with E-state index in [-0.39, 0.29) is 24.5 Å². The Hall–Kier alpha value is -2.79. The zero-order valence-electron chi connectivity index (χ0n) is 21.3. The first kappa shape index (κ1) is 27.8. The van der Waals surface area contributed by atoms with Gasteiger partial charge in [0.15, 0.2) is 0 Å². The first-order valence-corrected chi connectivity index (χ1v) is 12.7. The smallest absolute Gasteiger partial charge is 0.365 e. The van der Waals surface area contributed by atoms with E-state index in [4.69, 9.17) is 0 Å². The van der Waals surface area contributed by atoms with Gasteiger partial charge in [-0.3, -0.25) is 14.0 Å². The molecule has 2 aromatic rings. The first-order valence-electron chi connectivity index (χ1n) is 11.9. The van der Waals surface area contributed by atoms with Gasteiger partial charge in [0.25, 0.3) is 0 Å². The maximum atomic E-state index is 11.4. The standard InChI is InChI=1S/C18H20N2O4S.C8H15NO2/c1-19-15-9-8-13(10-12-21)14-5-3-6-16(18(14)15)20(25-19)11-4-7-17(22)24-23-2;1-4(2)7-6(5(3)10)8(11)9-7/h3-9,21H,10-12H2,1-2H3;4-7,10H,1-3H3,(H,9,11)/b7-4+;. The van der Waals surface area contributed by atoms with Crippen LogP contribution in [0.2, 0.25) is 0 Å². The van der Waals surface area contributed by atoms with E-state index in [1.807, 2.05) is 27.0 Å². The molecule has 36 heavy (non-hydrogen) atoms. The molecule has 9 nitrogen and oxygen atoms in total. The molecule has 0 aromatic heterocycles. The Morgan fingerprint density at radius 1 is 1.22 bits per heavy atom. The van der Waals surface area contributed by atoms with Crippen LogP contribution in [-0.4, -0.2) is 61.5 Å². The van der Waals surface area contributed by atoms with Crippen LogP contribution < -0.4 is 13.9 Å². The zero-order chi connectivity index (χ0) is 26.4. The fraction of sp³-hybridized carbons (Fsp3) is 0.462. The first-order chi connectivity index (χ1) is 17.2. The summed E-state index contributed by atoms with van der Waals surface area (Å²) < 4.78 is 4.20. The third-order valence-electron chi connectivity index (χ3n) is 6.22. The van der Waals surface area contributed by atoms with Crippen LogP contribution in [-0.2, 0) is 25.8 Å². The van der Waals surface area contributed by atoms with Crippen molar-refractivity contribution in [2.75, 3.05) is 35.9 Å². The number of aliphatic hydroxyl groups excluding tert-OH is 2. The van der Waals surface area contributed by atoms with Crippen LogP contribution in [0.3, 0.4) is 0 Å². The third kappa shape index (κ3) is 6.12. The van der Waals surface area contributed by atoms with Gasteiger partial charge in [0.05, 0.1) is 42.6 Å². The van der Waals surface area contributed by atoms with Gasteiger partial charge in [-0.25, -0.2) is 4.79 Å². The molecule has 3 N–H and O–H groups in total. The minimum atomic E-state index is -0.540. The van der Waals surface area contributed by atoms with E-state index in [1.165, 1.54) is 13.2 Å². The Balaban J connectivity index is 0.000000275. The van der Waals surface area contributed by atoms with Crippen molar-refractivity contribution in [3.63, 3.8) is 0 Å². The van der Waals surface area contributed by atoms with Crippen LogP contribution >= 0.6 is 12.1 Å². The molecule has 0 aliphatic carbocycles. The van der Waals surface area contributed by atoms with Crippen LogP contribution in [0.25, 0.3) is 10.8 Å². The predicted molar refractivity (Wildman–Crippen MR) is 142 cm³/mol. The molecular weight excluding hydrogens is 482 g/mol. The molecule has 2 heterocycles. The number of β-lactam (4-membered cyclic amide) rings is 1. The van der Waals surface area contributed by atoms with Gasteiger partial charge in [0.2, 0.25) is 5.91 Å². The zero-order valence-corrected chi connectivity index (χ0v) is 22.1. The molecule has 0 bridgehead atoms. The molecular formula is C26H35N3O6S. The molecule has 2 aliphatic heterocycles. The third-order valence-corrected chi connectivity index (χ3v) is 7.21. The molecule has 0 spiro atoms. The lowest BCUT2D eigenvalue weighted by Gasteiger charge is -2.41. The molecule has 2 aromatic carbocycles. The van der Waals surface area contributed by atoms with Gasteiger partial charge in [-0.2, -0.15) is 4.89 Å². The molecule has 1 fully saturated rings. The summed E-state index contributed by atoms with van der Waals surface area (Å²) in [6.07, 6.45) is 3.20. The highest BCUT2D eigenvalue weighted by Gasteiger charge is 2.43. The summed E-state index contributed by atoms with van der Waals surface area (Å²) in [5.74, 6) is -0.331. The second-order valence-corrected chi connectivity index (χ2v) is 10.2. The summed E-state index contributed by atoms with van der Waals surface area (Å²) >= 11 is 1.57. The van der Waals surface area contributed by atoms with Crippen molar-refractivity contribution in [1.82, 2.24) is 5.32 Å². The van der Waals surface area contributed by atoms with Gasteiger partial charge >= 0.3 is 5.97 Å². The predicted octanol–water partition coefficient (Wildman–Crippen LogP) is 2.99. The Morgan fingerprint density at radius 2 is 1.97 bits per heavy atom. The summed E-state index contributed by atoms with van der Waals surface area (Å²) in [4.78, 5) is 31.0. The summed E-state index contributed by atoms with van der Waals surface area (Å²) in [5.41, 5.74) is 3.35. The van der Waals surface area contributed by atoms with Gasteiger partial charge in [0, 0.05) is 37.7 Å². The number of benzene rings is 2. The molecule has 3 atom stereocenters. The normalized spacial score (nSPS) is 19.6. The van der Waals surface area contributed by atoms with Crippen molar-refractivity contribution in [2.24, 2.45) is 11.8 Å². The lowest BCUT2D eigenvalue weighted by atomic mass is 9.80. The van der Waals surface area contributed by atoms with E-state index in [1.54, 1.807) is 25.1 Å². The second-order valence-electron chi connectivity index (χ2n) is 9.07. The highest BCUT2D eigenvalue weighted by Crippen LogP contribution is 2.45. The van der Waals surface area contributed by atoms with Gasteiger partial charge in [0.1, 0.15) is 0 Å². The van der Waals surface area contributed by atoms with Crippen molar-refractivity contribution in [1.29, 1.82) is 0 Å². The number of carbonyl (C=O) groups is 2. The Labute approximate surface area is 216 Å². The van der Waals surface area contributed by atoms with Gasteiger partial charge < -0.3 is 19.8 Å². The van der Waals surface area contributed by atoms with Crippen LogP contribution in [0.5, 0.6) is 0 Å². The maximum absolute atomic E-state index is 11.4. The quantitative estimate of drug-likeness (QED) is 0.160. The average Bonchev–Trinajstić information content (AvgIpc) is 2.81. The van der Waals surface area contributed by atoms with Gasteiger partial charge in [-0.05, 0) is 42.3 Å². The Morgan fingerprint density at radius 3 is 2.56 bits per heavy atom. The topological polar surface area (TPSA) is 112 Å². The van der Waals surface area contributed by atoms with Crippen LogP contribution in [0.1, 0.15) is 26.3 Å². The van der Waals surface area contributed by atoms with Crippen LogP contribution in [0.4, 0.5) is 11.4 Å². The molecule has 3 unspecified atom stereocenters. The van der Waals surface area contributed by atoms with Crippen molar-refractivity contribution < 1.29 is 29.6 Å². The molecule has 1 saturated heterocycles. The second kappa shape index (κ2) is 12.4. The maximum Gasteiger partial charge on any atom is 0.365 e. The molecule has 1 amide bonds. The summed E-state index contributed by atoms with van der Waals surface area (Å²) in [6.45, 7) is 6.41. The lowest BCUT2D eigenvalue weighted by molar-refractivity contribution is -0.249. The number of hydrogen-bond acceptors (Lipinski definition) is 9. The van der Waals surface area contributed by atoms with E-state index in [9.17, 15) is 19.8 Å². The van der Waals surface area contributed by atoms with Crippen molar-refractivity contribution in [2.45, 2.75) is 39.3 Å². The molecule has 4 rings (SSSR count). The molecule has 0 radical (unpaired) electrons. The van der Waals surface area contributed by atoms with Crippen molar-refractivity contribution in [3.05, 3.63) is 48.0 Å². The van der Waals surface area contributed by atoms with Gasteiger partial charge in [-0.15, -0.1) is 0 Å². The number of amides is 1. The number of anilines is 2. The Kier molecular flexibility index (Phi) is 9.61. The number of nitrogens with one attached hydrogen (secondary N) is 1. The highest BCUT2D eigenvalue weighted by atomic mass is 32.2. The number of nitrogens with zero attached hydrogens (tertiary/aromatic N) is 2. The minimum absolute atomic E-state index is 0.0151. The number of carbonyl (C=O) groups excluding carboxylic acids is 2. The number of hydrogen-bond donors (Lipinski definition) is 3. The molecule has 10 heteroatoms. The van der Waals surface area contributed by atoms with Crippen LogP contribution in [0, 0.1) is 11.8 Å². The number of aliphatic hydroxyl groups is 2. The number of rotatable bonds is 8. The molecule has 2 aliphatic rings. The average molecular weight is 518 g/mol. The van der Waals surface area contributed by atoms with E-state index in [0.717, 1.165) is 27.7 Å². The van der Waals surface area contributed by atoms with Crippen molar-refractivity contribution >= 4 is 46.2 Å². The fourth-order valence-corrected chi connectivity index (χ4v) is 5.41. The monoisotopic (exact) mass is 517 g/mol. The van der Waals surface area contributed by atoms with Gasteiger partial charge in [-0.1, -0.05) is 38.1 Å². The Bertz CT molecular complexity index is 1110. The summed E-state index contributed by atoms with van der Waals surface area (Å²) in [5, 5.41) is 23.6. The SMILES string of the molecule is CC(C)C1NC(=O)C1C(C)O.COOC(=O)/C=C/CN1SN(C)c2ccc(CCO)c3cccc1c23. The fourth-order valence-electron chi connectivity index (χ4n) is 4.48. The van der Waals surface area contributed by atoms with E-state index >= 15 is 0 Å². The van der Waals surface area contributed by atoms with E-state index in [2.05, 4.69) is 48.0 Å². The molecule has 0 saturated carbocycles. The van der Waals surface area contributed by atoms with Crippen molar-refractivity contribution in [3.8, 4) is 0 Å².